The van der Waals surface area contributed by atoms with Crippen LogP contribution in [0.5, 0.6) is 0 Å². The maximum Gasteiger partial charge on any atom is 0.203 e. The normalized spacial score (nSPS) is 17.5. The minimum Gasteiger partial charge on any atom is -0.353 e. The van der Waals surface area contributed by atoms with Gasteiger partial charge in [0.2, 0.25) is 5.95 Å². The van der Waals surface area contributed by atoms with Crippen molar-refractivity contribution in [2.24, 2.45) is 7.05 Å². The standard InChI is InChI=1S/C8H12BrN3/c1-12-7(9)5-10-8(12)11-6-3-2-4-6/h5-6H,2-4H2,1H3,(H,10,11). The van der Waals surface area contributed by atoms with Gasteiger partial charge in [-0.2, -0.15) is 0 Å². The second kappa shape index (κ2) is 3.09. The van der Waals surface area contributed by atoms with Crippen molar-refractivity contribution in [1.82, 2.24) is 9.55 Å². The highest BCUT2D eigenvalue weighted by atomic mass is 79.9. The van der Waals surface area contributed by atoms with Gasteiger partial charge in [0.05, 0.1) is 6.20 Å². The van der Waals surface area contributed by atoms with Crippen LogP contribution < -0.4 is 5.32 Å². The fourth-order valence-electron chi connectivity index (χ4n) is 1.26. The molecule has 2 rings (SSSR count). The minimum atomic E-state index is 0.651. The number of rotatable bonds is 2. The van der Waals surface area contributed by atoms with Crippen molar-refractivity contribution in [3.05, 3.63) is 10.8 Å². The summed E-state index contributed by atoms with van der Waals surface area (Å²) in [6.07, 6.45) is 5.74. The summed E-state index contributed by atoms with van der Waals surface area (Å²) in [5.41, 5.74) is 0. The van der Waals surface area contributed by atoms with Gasteiger partial charge in [0.25, 0.3) is 0 Å². The van der Waals surface area contributed by atoms with Crippen LogP contribution in [0.3, 0.4) is 0 Å². The number of hydrogen-bond donors (Lipinski definition) is 1. The van der Waals surface area contributed by atoms with Gasteiger partial charge in [0.1, 0.15) is 4.60 Å². The predicted molar refractivity (Wildman–Crippen MR) is 52.2 cm³/mol. The Bertz CT molecular complexity index is 278. The van der Waals surface area contributed by atoms with Gasteiger partial charge < -0.3 is 9.88 Å². The summed E-state index contributed by atoms with van der Waals surface area (Å²) < 4.78 is 3.03. The van der Waals surface area contributed by atoms with E-state index >= 15 is 0 Å². The first kappa shape index (κ1) is 8.10. The maximum atomic E-state index is 4.24. The Hall–Kier alpha value is -0.510. The van der Waals surface area contributed by atoms with Gasteiger partial charge in [-0.05, 0) is 35.2 Å². The molecule has 3 nitrogen and oxygen atoms in total. The van der Waals surface area contributed by atoms with Crippen LogP contribution in [0.15, 0.2) is 10.8 Å². The Labute approximate surface area is 80.3 Å². The highest BCUT2D eigenvalue weighted by Crippen LogP contribution is 2.23. The maximum absolute atomic E-state index is 4.24. The van der Waals surface area contributed by atoms with Gasteiger partial charge in [-0.3, -0.25) is 0 Å². The largest absolute Gasteiger partial charge is 0.353 e. The Morgan fingerprint density at radius 1 is 1.67 bits per heavy atom. The molecule has 0 atom stereocenters. The van der Waals surface area contributed by atoms with Crippen molar-refractivity contribution in [3.8, 4) is 0 Å². The lowest BCUT2D eigenvalue weighted by Crippen LogP contribution is -2.28. The summed E-state index contributed by atoms with van der Waals surface area (Å²) in [4.78, 5) is 4.24. The molecule has 1 aliphatic carbocycles. The van der Waals surface area contributed by atoms with Crippen LogP contribution in [-0.4, -0.2) is 15.6 Å². The van der Waals surface area contributed by atoms with Crippen LogP contribution in [-0.2, 0) is 7.05 Å². The first-order chi connectivity index (χ1) is 5.77. The Balaban J connectivity index is 2.06. The van der Waals surface area contributed by atoms with Gasteiger partial charge >= 0.3 is 0 Å². The molecular weight excluding hydrogens is 218 g/mol. The molecular formula is C8H12BrN3. The summed E-state index contributed by atoms with van der Waals surface area (Å²) in [5.74, 6) is 0.964. The number of anilines is 1. The van der Waals surface area contributed by atoms with Crippen molar-refractivity contribution in [3.63, 3.8) is 0 Å². The molecule has 1 aliphatic rings. The third-order valence-corrected chi connectivity index (χ3v) is 3.11. The third kappa shape index (κ3) is 1.35. The minimum absolute atomic E-state index is 0.651. The van der Waals surface area contributed by atoms with E-state index in [0.717, 1.165) is 10.6 Å². The van der Waals surface area contributed by atoms with Gasteiger partial charge in [-0.25, -0.2) is 4.98 Å². The monoisotopic (exact) mass is 229 g/mol. The molecule has 0 amide bonds. The lowest BCUT2D eigenvalue weighted by atomic mass is 9.93. The number of hydrogen-bond acceptors (Lipinski definition) is 2. The van der Waals surface area contributed by atoms with Crippen molar-refractivity contribution in [2.75, 3.05) is 5.32 Å². The molecule has 0 aromatic carbocycles. The second-order valence-electron chi connectivity index (χ2n) is 3.24. The van der Waals surface area contributed by atoms with Gasteiger partial charge in [-0.1, -0.05) is 0 Å². The Morgan fingerprint density at radius 3 is 2.83 bits per heavy atom. The predicted octanol–water partition coefficient (Wildman–Crippen LogP) is 2.15. The van der Waals surface area contributed by atoms with Gasteiger partial charge in [0.15, 0.2) is 0 Å². The first-order valence-corrected chi connectivity index (χ1v) is 5.00. The van der Waals surface area contributed by atoms with Crippen LogP contribution in [0.2, 0.25) is 0 Å². The molecule has 4 heteroatoms. The van der Waals surface area contributed by atoms with E-state index in [4.69, 9.17) is 0 Å². The lowest BCUT2D eigenvalue weighted by Gasteiger charge is -2.26. The van der Waals surface area contributed by atoms with Crippen LogP contribution in [0.4, 0.5) is 5.95 Å². The van der Waals surface area contributed by atoms with Crippen LogP contribution in [0.25, 0.3) is 0 Å². The summed E-state index contributed by atoms with van der Waals surface area (Å²) in [6, 6.07) is 0.651. The van der Waals surface area contributed by atoms with E-state index in [-0.39, 0.29) is 0 Å². The molecule has 1 aromatic rings. The second-order valence-corrected chi connectivity index (χ2v) is 4.05. The van der Waals surface area contributed by atoms with Crippen LogP contribution in [0, 0.1) is 0 Å². The Kier molecular flexibility index (Phi) is 2.09. The van der Waals surface area contributed by atoms with Crippen molar-refractivity contribution in [1.29, 1.82) is 0 Å². The van der Waals surface area contributed by atoms with Crippen LogP contribution >= 0.6 is 15.9 Å². The highest BCUT2D eigenvalue weighted by Gasteiger charge is 2.18. The number of nitrogens with one attached hydrogen (secondary N) is 1. The summed E-state index contributed by atoms with van der Waals surface area (Å²) in [5, 5.41) is 3.39. The molecule has 0 unspecified atom stereocenters. The fourth-order valence-corrected chi connectivity index (χ4v) is 1.53. The zero-order chi connectivity index (χ0) is 8.55. The van der Waals surface area contributed by atoms with E-state index in [0.29, 0.717) is 6.04 Å². The number of halogens is 1. The van der Waals surface area contributed by atoms with E-state index in [2.05, 4.69) is 26.2 Å². The molecule has 0 aliphatic heterocycles. The van der Waals surface area contributed by atoms with E-state index < -0.39 is 0 Å². The highest BCUT2D eigenvalue weighted by molar-refractivity contribution is 9.10. The average Bonchev–Trinajstić information content (AvgIpc) is 2.27. The van der Waals surface area contributed by atoms with E-state index in [1.54, 1.807) is 0 Å². The number of nitrogens with zero attached hydrogens (tertiary/aromatic N) is 2. The smallest absolute Gasteiger partial charge is 0.203 e. The number of imidazole rings is 1. The first-order valence-electron chi connectivity index (χ1n) is 4.21. The van der Waals surface area contributed by atoms with Gasteiger partial charge in [0, 0.05) is 13.1 Å². The van der Waals surface area contributed by atoms with Gasteiger partial charge in [-0.15, -0.1) is 0 Å². The Morgan fingerprint density at radius 2 is 2.42 bits per heavy atom. The quantitative estimate of drug-likeness (QED) is 0.843. The number of aromatic nitrogens is 2. The van der Waals surface area contributed by atoms with E-state index in [9.17, 15) is 0 Å². The molecule has 0 radical (unpaired) electrons. The molecule has 0 spiro atoms. The molecule has 1 saturated carbocycles. The lowest BCUT2D eigenvalue weighted by molar-refractivity contribution is 0.442. The molecule has 0 bridgehead atoms. The SMILES string of the molecule is Cn1c(Br)cnc1NC1CCC1. The summed E-state index contributed by atoms with van der Waals surface area (Å²) in [6.45, 7) is 0. The van der Waals surface area contributed by atoms with Crippen molar-refractivity contribution >= 4 is 21.9 Å². The molecule has 1 aromatic heterocycles. The average molecular weight is 230 g/mol. The molecule has 1 N–H and O–H groups in total. The zero-order valence-electron chi connectivity index (χ0n) is 7.05. The van der Waals surface area contributed by atoms with E-state index in [1.807, 2.05) is 17.8 Å². The summed E-state index contributed by atoms with van der Waals surface area (Å²) in [7, 11) is 2.00. The van der Waals surface area contributed by atoms with Crippen molar-refractivity contribution in [2.45, 2.75) is 25.3 Å². The zero-order valence-corrected chi connectivity index (χ0v) is 8.63. The molecule has 66 valence electrons. The van der Waals surface area contributed by atoms with Crippen LogP contribution in [0.1, 0.15) is 19.3 Å². The summed E-state index contributed by atoms with van der Waals surface area (Å²) >= 11 is 3.41. The van der Waals surface area contributed by atoms with E-state index in [1.165, 1.54) is 19.3 Å². The molecule has 0 saturated heterocycles. The third-order valence-electron chi connectivity index (χ3n) is 2.37. The molecule has 1 fully saturated rings. The molecule has 1 heterocycles. The van der Waals surface area contributed by atoms with Crippen molar-refractivity contribution < 1.29 is 0 Å². The topological polar surface area (TPSA) is 29.9 Å². The fraction of sp³-hybridized carbons (Fsp3) is 0.625. The molecule has 12 heavy (non-hydrogen) atoms.